The molecule has 3 fully saturated rings. The molecule has 1 aliphatic heterocycles. The molecule has 1 aromatic carbocycles. The highest BCUT2D eigenvalue weighted by Crippen LogP contribution is 2.36. The van der Waals surface area contributed by atoms with Gasteiger partial charge in [-0.2, -0.15) is 0 Å². The summed E-state index contributed by atoms with van der Waals surface area (Å²) in [5.41, 5.74) is 4.19. The van der Waals surface area contributed by atoms with Gasteiger partial charge in [-0.15, -0.1) is 9.24 Å². The lowest BCUT2D eigenvalue weighted by Gasteiger charge is -2.42. The van der Waals surface area contributed by atoms with Crippen LogP contribution in [-0.2, 0) is 6.42 Å². The van der Waals surface area contributed by atoms with E-state index in [1.807, 2.05) is 0 Å². The molecule has 1 heterocycles. The third-order valence-electron chi connectivity index (χ3n) is 7.07. The first-order valence-corrected chi connectivity index (χ1v) is 12.2. The number of likely N-dealkylation sites (tertiary alicyclic amines) is 1. The Morgan fingerprint density at radius 1 is 1.11 bits per heavy atom. The second-order valence-corrected chi connectivity index (χ2v) is 9.56. The third kappa shape index (κ3) is 5.38. The van der Waals surface area contributed by atoms with Crippen molar-refractivity contribution in [3.05, 3.63) is 47.2 Å². The van der Waals surface area contributed by atoms with Crippen LogP contribution in [0.15, 0.2) is 41.6 Å². The van der Waals surface area contributed by atoms with Crippen LogP contribution in [0.3, 0.4) is 0 Å². The van der Waals surface area contributed by atoms with Crippen LogP contribution in [0, 0.1) is 11.8 Å². The molecule has 2 saturated carbocycles. The summed E-state index contributed by atoms with van der Waals surface area (Å²) in [6.07, 6.45) is 10.9. The zero-order chi connectivity index (χ0) is 19.3. The molecule has 28 heavy (non-hydrogen) atoms. The Kier molecular flexibility index (Phi) is 7.09. The van der Waals surface area contributed by atoms with Crippen LogP contribution in [-0.4, -0.2) is 47.9 Å². The first-order valence-electron chi connectivity index (χ1n) is 11.3. The van der Waals surface area contributed by atoms with E-state index in [0.29, 0.717) is 0 Å². The first kappa shape index (κ1) is 20.4. The highest BCUT2D eigenvalue weighted by Gasteiger charge is 2.33. The van der Waals surface area contributed by atoms with Crippen molar-refractivity contribution in [3.63, 3.8) is 0 Å². The second-order valence-electron chi connectivity index (χ2n) is 9.15. The van der Waals surface area contributed by atoms with E-state index in [4.69, 9.17) is 0 Å². The molecular weight excluding hydrogens is 363 g/mol. The van der Waals surface area contributed by atoms with Crippen molar-refractivity contribution in [2.45, 2.75) is 63.5 Å². The summed E-state index contributed by atoms with van der Waals surface area (Å²) in [4.78, 5) is 2.54. The number of hydrogen-bond donors (Lipinski definition) is 2. The van der Waals surface area contributed by atoms with E-state index in [1.54, 1.807) is 5.57 Å². The van der Waals surface area contributed by atoms with Gasteiger partial charge >= 0.3 is 0 Å². The summed E-state index contributed by atoms with van der Waals surface area (Å²) in [6.45, 7) is 3.15. The van der Waals surface area contributed by atoms with E-state index in [0.717, 1.165) is 37.5 Å². The highest BCUT2D eigenvalue weighted by atomic mass is 31.0. The number of piperidine rings is 1. The number of fused-ring (bicyclic) bond motifs is 1. The smallest absolute Gasteiger partial charge is 0.0870 e. The van der Waals surface area contributed by atoms with Crippen molar-refractivity contribution in [2.75, 3.05) is 25.8 Å². The molecule has 5 unspecified atom stereocenters. The number of benzene rings is 1. The number of allylic oxidation sites excluding steroid dienone is 2. The molecule has 1 saturated heterocycles. The maximum Gasteiger partial charge on any atom is 0.0870 e. The Morgan fingerprint density at radius 2 is 1.86 bits per heavy atom. The van der Waals surface area contributed by atoms with Crippen LogP contribution in [0.25, 0.3) is 0 Å². The van der Waals surface area contributed by atoms with Gasteiger partial charge in [0.05, 0.1) is 12.1 Å². The lowest BCUT2D eigenvalue weighted by atomic mass is 9.75. The van der Waals surface area contributed by atoms with Gasteiger partial charge in [0.25, 0.3) is 0 Å². The molecule has 4 heteroatoms. The molecule has 2 N–H and O–H groups in total. The predicted octanol–water partition coefficient (Wildman–Crippen LogP) is 3.98. The Morgan fingerprint density at radius 3 is 2.57 bits per heavy atom. The van der Waals surface area contributed by atoms with E-state index in [-0.39, 0.29) is 12.1 Å². The second kappa shape index (κ2) is 9.74. The Bertz CT molecular complexity index is 656. The van der Waals surface area contributed by atoms with Gasteiger partial charge in [-0.25, -0.2) is 0 Å². The minimum Gasteiger partial charge on any atom is -0.390 e. The maximum absolute atomic E-state index is 11.2. The number of aliphatic hydroxyl groups is 1. The van der Waals surface area contributed by atoms with Gasteiger partial charge in [-0.05, 0) is 56.0 Å². The standard InChI is InChI=1S/C24H37N2OP/c27-24(16-26-13-12-19-8-4-5-9-21(19)15-26)22(14-18-6-2-1-3-7-18)25-23(17-28)20-10-11-20/h1-3,6-7,19,21-22,24-25,27H,4-5,8-17,28H2. The molecule has 0 spiro atoms. The molecule has 1 aromatic rings. The molecule has 0 radical (unpaired) electrons. The Balaban J connectivity index is 1.40. The van der Waals surface area contributed by atoms with E-state index >= 15 is 0 Å². The van der Waals surface area contributed by atoms with E-state index in [1.165, 1.54) is 62.8 Å². The zero-order valence-electron chi connectivity index (χ0n) is 17.2. The predicted molar refractivity (Wildman–Crippen MR) is 120 cm³/mol. The fourth-order valence-corrected chi connectivity index (χ4v) is 5.68. The van der Waals surface area contributed by atoms with E-state index < -0.39 is 0 Å². The van der Waals surface area contributed by atoms with Crippen LogP contribution < -0.4 is 5.32 Å². The summed E-state index contributed by atoms with van der Waals surface area (Å²) >= 11 is 0. The van der Waals surface area contributed by atoms with Gasteiger partial charge in [-0.1, -0.05) is 55.2 Å². The number of rotatable bonds is 8. The first-order chi connectivity index (χ1) is 13.7. The molecule has 4 rings (SSSR count). The number of hydrogen-bond acceptors (Lipinski definition) is 3. The molecular formula is C24H37N2OP. The molecule has 0 aromatic heterocycles. The van der Waals surface area contributed by atoms with E-state index in [9.17, 15) is 5.11 Å². The minimum absolute atomic E-state index is 0.0788. The van der Waals surface area contributed by atoms with Crippen molar-refractivity contribution in [2.24, 2.45) is 11.8 Å². The number of nitrogens with zero attached hydrogens (tertiary/aromatic N) is 1. The highest BCUT2D eigenvalue weighted by molar-refractivity contribution is 7.16. The van der Waals surface area contributed by atoms with Crippen molar-refractivity contribution in [1.29, 1.82) is 0 Å². The third-order valence-corrected chi connectivity index (χ3v) is 7.48. The average Bonchev–Trinajstić information content (AvgIpc) is 3.57. The lowest BCUT2D eigenvalue weighted by Crippen LogP contribution is -2.50. The fraction of sp³-hybridized carbons (Fsp3) is 0.667. The van der Waals surface area contributed by atoms with Gasteiger partial charge < -0.3 is 15.3 Å². The van der Waals surface area contributed by atoms with Gasteiger partial charge in [0.1, 0.15) is 0 Å². The number of nitrogens with one attached hydrogen (secondary N) is 1. The van der Waals surface area contributed by atoms with Crippen molar-refractivity contribution < 1.29 is 5.11 Å². The molecule has 0 amide bonds. The number of aliphatic hydroxyl groups excluding tert-OH is 1. The van der Waals surface area contributed by atoms with Crippen LogP contribution in [0.4, 0.5) is 0 Å². The van der Waals surface area contributed by atoms with E-state index in [2.05, 4.69) is 49.8 Å². The monoisotopic (exact) mass is 400 g/mol. The normalized spacial score (nSPS) is 27.0. The van der Waals surface area contributed by atoms with Gasteiger partial charge in [-0.3, -0.25) is 0 Å². The Labute approximate surface area is 173 Å². The Hall–Kier alpha value is -0.890. The van der Waals surface area contributed by atoms with Gasteiger partial charge in [0.15, 0.2) is 0 Å². The summed E-state index contributed by atoms with van der Waals surface area (Å²) in [5, 5.41) is 15.0. The summed E-state index contributed by atoms with van der Waals surface area (Å²) < 4.78 is 0. The average molecular weight is 401 g/mol. The molecule has 2 aliphatic carbocycles. The van der Waals surface area contributed by atoms with Crippen LogP contribution in [0.1, 0.15) is 50.5 Å². The van der Waals surface area contributed by atoms with Gasteiger partial charge in [0.2, 0.25) is 0 Å². The van der Waals surface area contributed by atoms with Crippen LogP contribution >= 0.6 is 9.24 Å². The minimum atomic E-state index is -0.341. The van der Waals surface area contributed by atoms with Crippen LogP contribution in [0.2, 0.25) is 0 Å². The molecule has 3 nitrogen and oxygen atoms in total. The molecule has 5 atom stereocenters. The largest absolute Gasteiger partial charge is 0.390 e. The maximum atomic E-state index is 11.2. The quantitative estimate of drug-likeness (QED) is 0.648. The van der Waals surface area contributed by atoms with Crippen LogP contribution in [0.5, 0.6) is 0 Å². The van der Waals surface area contributed by atoms with Crippen molar-refractivity contribution in [3.8, 4) is 0 Å². The van der Waals surface area contributed by atoms with Gasteiger partial charge in [0, 0.05) is 24.9 Å². The fourth-order valence-electron chi connectivity index (χ4n) is 5.28. The summed E-state index contributed by atoms with van der Waals surface area (Å²) in [7, 11) is 2.86. The van der Waals surface area contributed by atoms with Crippen molar-refractivity contribution in [1.82, 2.24) is 10.2 Å². The summed E-state index contributed by atoms with van der Waals surface area (Å²) in [5.74, 6) is 1.81. The molecule has 154 valence electrons. The molecule has 0 bridgehead atoms. The SMILES string of the molecule is OC(CN1CCC2CCCCC2C1)C(Cc1ccccc1)NC(CP)=C1CC1. The lowest BCUT2D eigenvalue weighted by molar-refractivity contribution is 0.0334. The summed E-state index contributed by atoms with van der Waals surface area (Å²) in [6, 6.07) is 10.7. The molecule has 3 aliphatic rings. The van der Waals surface area contributed by atoms with Crippen molar-refractivity contribution >= 4 is 9.24 Å². The topological polar surface area (TPSA) is 35.5 Å². The zero-order valence-corrected chi connectivity index (χ0v) is 18.3. The number of β-amino-alcohol motifs (C(OH)–C–C–N with tert-alkyl or cyclic N) is 1.